The van der Waals surface area contributed by atoms with Crippen molar-refractivity contribution in [2.24, 2.45) is 16.8 Å². The van der Waals surface area contributed by atoms with E-state index in [-0.39, 0.29) is 36.3 Å². The monoisotopic (exact) mass is 543 g/mol. The molecule has 0 aromatic heterocycles. The maximum Gasteiger partial charge on any atom is 0.335 e. The minimum atomic E-state index is -1.09. The Bertz CT molecular complexity index is 986. The van der Waals surface area contributed by atoms with E-state index < -0.39 is 5.54 Å². The number of esters is 2. The van der Waals surface area contributed by atoms with Crippen LogP contribution in [-0.4, -0.2) is 74.0 Å². The summed E-state index contributed by atoms with van der Waals surface area (Å²) in [5.74, 6) is 0.0449. The fraction of sp³-hybridized carbons (Fsp3) is 0.710. The lowest BCUT2D eigenvalue weighted by Crippen LogP contribution is -2.55. The summed E-state index contributed by atoms with van der Waals surface area (Å²) in [5, 5.41) is 0. The third-order valence-electron chi connectivity index (χ3n) is 9.47. The van der Waals surface area contributed by atoms with Gasteiger partial charge in [-0.25, -0.2) is 9.18 Å². The van der Waals surface area contributed by atoms with Gasteiger partial charge in [0.2, 0.25) is 0 Å². The van der Waals surface area contributed by atoms with E-state index >= 15 is 0 Å². The largest absolute Gasteiger partial charge is 0.469 e. The predicted molar refractivity (Wildman–Crippen MR) is 150 cm³/mol. The van der Waals surface area contributed by atoms with Gasteiger partial charge in [-0.3, -0.25) is 9.79 Å². The van der Waals surface area contributed by atoms with Crippen LogP contribution in [0.4, 0.5) is 4.39 Å². The van der Waals surface area contributed by atoms with Crippen LogP contribution < -0.4 is 0 Å². The van der Waals surface area contributed by atoms with E-state index in [1.54, 1.807) is 12.1 Å². The first-order chi connectivity index (χ1) is 18.8. The van der Waals surface area contributed by atoms with E-state index in [0.717, 1.165) is 50.5 Å². The van der Waals surface area contributed by atoms with Crippen LogP contribution in [-0.2, 0) is 19.1 Å². The lowest BCUT2D eigenvalue weighted by atomic mass is 9.72. The summed E-state index contributed by atoms with van der Waals surface area (Å²) < 4.78 is 23.8. The van der Waals surface area contributed by atoms with Gasteiger partial charge in [0.25, 0.3) is 0 Å². The van der Waals surface area contributed by atoms with Gasteiger partial charge in [-0.05, 0) is 82.2 Å². The number of hydrogen-bond donors (Lipinski definition) is 0. The smallest absolute Gasteiger partial charge is 0.335 e. The van der Waals surface area contributed by atoms with Crippen molar-refractivity contribution in [2.75, 3.05) is 28.3 Å². The highest BCUT2D eigenvalue weighted by Gasteiger charge is 2.54. The second kappa shape index (κ2) is 13.2. The van der Waals surface area contributed by atoms with Gasteiger partial charge in [-0.1, -0.05) is 44.2 Å². The van der Waals surface area contributed by atoms with E-state index in [1.807, 2.05) is 18.5 Å². The summed E-state index contributed by atoms with van der Waals surface area (Å²) in [6, 6.07) is 7.42. The molecule has 4 rings (SSSR count). The summed E-state index contributed by atoms with van der Waals surface area (Å²) in [6.07, 6.45) is 13.3. The summed E-state index contributed by atoms with van der Waals surface area (Å²) in [7, 11) is 7.00. The van der Waals surface area contributed by atoms with Crippen LogP contribution >= 0.6 is 0 Å². The highest BCUT2D eigenvalue weighted by Crippen LogP contribution is 2.45. The lowest BCUT2D eigenvalue weighted by Gasteiger charge is -2.43. The van der Waals surface area contributed by atoms with Gasteiger partial charge in [-0.15, -0.1) is 0 Å². The Morgan fingerprint density at radius 1 is 1.03 bits per heavy atom. The normalized spacial score (nSPS) is 28.5. The first-order valence-corrected chi connectivity index (χ1v) is 14.7. The molecule has 1 aromatic rings. The Morgan fingerprint density at radius 2 is 1.69 bits per heavy atom. The van der Waals surface area contributed by atoms with Crippen molar-refractivity contribution < 1.29 is 23.5 Å². The van der Waals surface area contributed by atoms with Crippen LogP contribution in [0.15, 0.2) is 29.3 Å². The van der Waals surface area contributed by atoms with Crippen LogP contribution in [0.1, 0.15) is 88.7 Å². The van der Waals surface area contributed by atoms with Crippen LogP contribution in [0.3, 0.4) is 0 Å². The molecule has 0 amide bonds. The average molecular weight is 544 g/mol. The zero-order valence-electron chi connectivity index (χ0n) is 24.1. The summed E-state index contributed by atoms with van der Waals surface area (Å²) in [4.78, 5) is 34.9. The fourth-order valence-electron chi connectivity index (χ4n) is 7.43. The van der Waals surface area contributed by atoms with Gasteiger partial charge < -0.3 is 19.3 Å². The Hall–Kier alpha value is -2.48. The number of carbonyl (C=O) groups excluding carboxylic acids is 2. The van der Waals surface area contributed by atoms with Gasteiger partial charge in [0, 0.05) is 18.5 Å². The van der Waals surface area contributed by atoms with Crippen molar-refractivity contribution >= 4 is 18.3 Å². The second-order valence-electron chi connectivity index (χ2n) is 12.0. The molecule has 1 aromatic carbocycles. The van der Waals surface area contributed by atoms with E-state index in [9.17, 15) is 14.0 Å². The van der Waals surface area contributed by atoms with E-state index in [4.69, 9.17) is 14.5 Å². The molecule has 0 saturated heterocycles. The first-order valence-electron chi connectivity index (χ1n) is 14.7. The fourth-order valence-corrected chi connectivity index (χ4v) is 7.43. The van der Waals surface area contributed by atoms with Crippen LogP contribution in [0, 0.1) is 17.7 Å². The number of nitrogens with zero attached hydrogens (tertiary/aromatic N) is 3. The molecule has 1 aliphatic heterocycles. The molecular formula is C31H46FN3O4. The molecule has 2 saturated carbocycles. The van der Waals surface area contributed by atoms with E-state index in [2.05, 4.69) is 23.9 Å². The third-order valence-corrected chi connectivity index (χ3v) is 9.47. The highest BCUT2D eigenvalue weighted by molar-refractivity contribution is 5.87. The molecule has 3 aliphatic rings. The first kappa shape index (κ1) is 29.5. The van der Waals surface area contributed by atoms with Gasteiger partial charge in [-0.2, -0.15) is 0 Å². The number of carbonyl (C=O) groups is 2. The maximum absolute atomic E-state index is 13.6. The molecule has 1 heterocycles. The molecule has 2 fully saturated rings. The SMILES string of the molecule is COC(=O)CCC1(C(=O)OC)N=CN(C2CCCCC2)C1CC1CCC(C(c2ccc(F)cc2)N(C)C)CC1. The zero-order chi connectivity index (χ0) is 28.0. The van der Waals surface area contributed by atoms with E-state index in [0.29, 0.717) is 24.3 Å². The number of methoxy groups -OCH3 is 2. The number of hydrogen-bond acceptors (Lipinski definition) is 7. The molecule has 3 atom stereocenters. The Kier molecular flexibility index (Phi) is 10.0. The minimum Gasteiger partial charge on any atom is -0.469 e. The molecule has 3 unspecified atom stereocenters. The molecule has 2 aliphatic carbocycles. The number of rotatable bonds is 10. The van der Waals surface area contributed by atoms with Gasteiger partial charge >= 0.3 is 11.9 Å². The molecular weight excluding hydrogens is 497 g/mol. The molecule has 0 bridgehead atoms. The van der Waals surface area contributed by atoms with Crippen LogP contribution in [0.2, 0.25) is 0 Å². The molecule has 7 nitrogen and oxygen atoms in total. The van der Waals surface area contributed by atoms with Gasteiger partial charge in [0.05, 0.1) is 26.6 Å². The average Bonchev–Trinajstić information content (AvgIpc) is 3.32. The Balaban J connectivity index is 1.51. The van der Waals surface area contributed by atoms with Gasteiger partial charge in [0.15, 0.2) is 5.54 Å². The lowest BCUT2D eigenvalue weighted by molar-refractivity contribution is -0.150. The van der Waals surface area contributed by atoms with Crippen molar-refractivity contribution in [1.29, 1.82) is 0 Å². The Morgan fingerprint density at radius 3 is 2.28 bits per heavy atom. The quantitative estimate of drug-likeness (QED) is 0.361. The summed E-state index contributed by atoms with van der Waals surface area (Å²) in [6.45, 7) is 0. The van der Waals surface area contributed by atoms with Gasteiger partial charge in [0.1, 0.15) is 5.82 Å². The molecule has 0 N–H and O–H groups in total. The summed E-state index contributed by atoms with van der Waals surface area (Å²) in [5.41, 5.74) is 0.0716. The number of halogens is 1. The predicted octanol–water partition coefficient (Wildman–Crippen LogP) is 5.54. The van der Waals surface area contributed by atoms with E-state index in [1.165, 1.54) is 33.5 Å². The topological polar surface area (TPSA) is 71.4 Å². The van der Waals surface area contributed by atoms with Crippen molar-refractivity contribution in [2.45, 2.75) is 101 Å². The number of aliphatic imine (C=N–C) groups is 1. The minimum absolute atomic E-state index is 0.124. The highest BCUT2D eigenvalue weighted by atomic mass is 19.1. The van der Waals surface area contributed by atoms with Crippen molar-refractivity contribution in [3.8, 4) is 0 Å². The molecule has 0 spiro atoms. The standard InChI is InChI=1S/C31H46FN3O4/c1-34(2)29(24-14-16-25(32)17-15-24)23-12-10-22(11-13-23)20-27-31(30(37)39-4,19-18-28(36)38-3)33-21-35(27)26-8-6-5-7-9-26/h14-17,21-23,26-27,29H,5-13,18-20H2,1-4H3. The summed E-state index contributed by atoms with van der Waals surface area (Å²) >= 11 is 0. The van der Waals surface area contributed by atoms with Crippen molar-refractivity contribution in [3.63, 3.8) is 0 Å². The molecule has 216 valence electrons. The molecule has 0 radical (unpaired) electrons. The number of benzene rings is 1. The van der Waals surface area contributed by atoms with Crippen LogP contribution in [0.5, 0.6) is 0 Å². The molecule has 8 heteroatoms. The zero-order valence-corrected chi connectivity index (χ0v) is 24.1. The maximum atomic E-state index is 13.6. The Labute approximate surface area is 233 Å². The number of ether oxygens (including phenoxy) is 2. The third kappa shape index (κ3) is 6.64. The molecule has 39 heavy (non-hydrogen) atoms. The van der Waals surface area contributed by atoms with Crippen LogP contribution in [0.25, 0.3) is 0 Å². The van der Waals surface area contributed by atoms with Crippen molar-refractivity contribution in [3.05, 3.63) is 35.6 Å². The van der Waals surface area contributed by atoms with Crippen molar-refractivity contribution in [1.82, 2.24) is 9.80 Å². The second-order valence-corrected chi connectivity index (χ2v) is 12.0.